The number of piperidine rings is 1. The van der Waals surface area contributed by atoms with Gasteiger partial charge in [-0.1, -0.05) is 6.42 Å². The van der Waals surface area contributed by atoms with Crippen LogP contribution in [0.3, 0.4) is 0 Å². The van der Waals surface area contributed by atoms with E-state index in [9.17, 15) is 4.79 Å². The van der Waals surface area contributed by atoms with Crippen molar-refractivity contribution in [3.8, 4) is 0 Å². The van der Waals surface area contributed by atoms with E-state index in [2.05, 4.69) is 20.5 Å². The maximum Gasteiger partial charge on any atom is 0.236 e. The third-order valence-electron chi connectivity index (χ3n) is 7.34. The second-order valence-electron chi connectivity index (χ2n) is 9.01. The first-order valence-corrected chi connectivity index (χ1v) is 10.6. The predicted molar refractivity (Wildman–Crippen MR) is 106 cm³/mol. The van der Waals surface area contributed by atoms with Crippen molar-refractivity contribution in [2.24, 2.45) is 16.3 Å². The normalized spacial score (nSPS) is 33.1. The molecule has 27 heavy (non-hydrogen) atoms. The molecule has 2 N–H and O–H groups in total. The Morgan fingerprint density at radius 1 is 1.22 bits per heavy atom. The SMILES string of the molecule is CN=C(NC1CCN(CC(=O)N(C)C)CC1)NC1C2CCOC2C12CCC2. The first-order valence-electron chi connectivity index (χ1n) is 10.6. The number of rotatable bonds is 4. The summed E-state index contributed by atoms with van der Waals surface area (Å²) >= 11 is 0. The summed E-state index contributed by atoms with van der Waals surface area (Å²) in [6, 6.07) is 0.942. The van der Waals surface area contributed by atoms with Crippen molar-refractivity contribution in [2.75, 3.05) is 47.4 Å². The fourth-order valence-corrected chi connectivity index (χ4v) is 5.54. The summed E-state index contributed by atoms with van der Waals surface area (Å²) in [5.41, 5.74) is 0.370. The standard InChI is InChI=1S/C20H35N5O2/c1-21-19(22-14-5-10-25(11-6-14)13-16(26)24(2)3)23-17-15-7-12-27-18(15)20(17)8-4-9-20/h14-15,17-18H,4-13H2,1-3H3,(H2,21,22,23). The molecule has 0 radical (unpaired) electrons. The van der Waals surface area contributed by atoms with Crippen molar-refractivity contribution >= 4 is 11.9 Å². The minimum atomic E-state index is 0.183. The number of carbonyl (C=O) groups excluding carboxylic acids is 1. The summed E-state index contributed by atoms with van der Waals surface area (Å²) in [6.45, 7) is 3.37. The van der Waals surface area contributed by atoms with Crippen LogP contribution >= 0.6 is 0 Å². The van der Waals surface area contributed by atoms with Gasteiger partial charge < -0.3 is 20.3 Å². The Kier molecular flexibility index (Phi) is 5.34. The van der Waals surface area contributed by atoms with Crippen LogP contribution in [-0.2, 0) is 9.53 Å². The van der Waals surface area contributed by atoms with Gasteiger partial charge in [0, 0.05) is 64.3 Å². The fourth-order valence-electron chi connectivity index (χ4n) is 5.54. The minimum Gasteiger partial charge on any atom is -0.377 e. The van der Waals surface area contributed by atoms with Crippen LogP contribution in [0.15, 0.2) is 4.99 Å². The molecule has 0 bridgehead atoms. The summed E-state index contributed by atoms with van der Waals surface area (Å²) in [5.74, 6) is 1.78. The number of likely N-dealkylation sites (tertiary alicyclic amines) is 1. The molecule has 2 saturated carbocycles. The number of hydrogen-bond donors (Lipinski definition) is 2. The van der Waals surface area contributed by atoms with Crippen LogP contribution < -0.4 is 10.6 Å². The fraction of sp³-hybridized carbons (Fsp3) is 0.900. The molecule has 4 rings (SSSR count). The Morgan fingerprint density at radius 3 is 2.56 bits per heavy atom. The highest BCUT2D eigenvalue weighted by Crippen LogP contribution is 2.62. The third kappa shape index (κ3) is 3.44. The zero-order valence-corrected chi connectivity index (χ0v) is 17.0. The molecule has 7 nitrogen and oxygen atoms in total. The number of nitrogens with zero attached hydrogens (tertiary/aromatic N) is 3. The van der Waals surface area contributed by atoms with E-state index in [1.165, 1.54) is 25.7 Å². The number of fused-ring (bicyclic) bond motifs is 2. The van der Waals surface area contributed by atoms with Gasteiger partial charge >= 0.3 is 0 Å². The lowest BCUT2D eigenvalue weighted by Gasteiger charge is -2.63. The molecule has 2 saturated heterocycles. The van der Waals surface area contributed by atoms with Gasteiger partial charge in [-0.3, -0.25) is 14.7 Å². The average molecular weight is 378 g/mol. The van der Waals surface area contributed by atoms with E-state index >= 15 is 0 Å². The van der Waals surface area contributed by atoms with Crippen LogP contribution in [0.5, 0.6) is 0 Å². The van der Waals surface area contributed by atoms with E-state index in [0.717, 1.165) is 38.5 Å². The topological polar surface area (TPSA) is 69.2 Å². The van der Waals surface area contributed by atoms with E-state index in [-0.39, 0.29) is 5.91 Å². The van der Waals surface area contributed by atoms with E-state index in [4.69, 9.17) is 4.74 Å². The number of aliphatic imine (C=N–C) groups is 1. The number of guanidine groups is 1. The molecule has 4 aliphatic rings. The summed E-state index contributed by atoms with van der Waals surface area (Å²) in [7, 11) is 5.51. The second kappa shape index (κ2) is 7.59. The van der Waals surface area contributed by atoms with Gasteiger partial charge in [0.2, 0.25) is 5.91 Å². The molecule has 1 amide bonds. The Hall–Kier alpha value is -1.34. The Balaban J connectivity index is 1.26. The molecular weight excluding hydrogens is 342 g/mol. The zero-order chi connectivity index (χ0) is 19.0. The van der Waals surface area contributed by atoms with Crippen LogP contribution in [0.4, 0.5) is 0 Å². The number of hydrogen-bond acceptors (Lipinski definition) is 4. The van der Waals surface area contributed by atoms with Crippen molar-refractivity contribution in [1.29, 1.82) is 0 Å². The molecule has 0 aromatic carbocycles. The molecule has 152 valence electrons. The van der Waals surface area contributed by atoms with Crippen molar-refractivity contribution < 1.29 is 9.53 Å². The molecule has 0 aromatic heterocycles. The van der Waals surface area contributed by atoms with Crippen molar-refractivity contribution in [1.82, 2.24) is 20.4 Å². The third-order valence-corrected chi connectivity index (χ3v) is 7.34. The van der Waals surface area contributed by atoms with E-state index in [0.29, 0.717) is 36.1 Å². The van der Waals surface area contributed by atoms with Crippen LogP contribution in [0.1, 0.15) is 38.5 Å². The first kappa shape index (κ1) is 19.0. The summed E-state index contributed by atoms with van der Waals surface area (Å²) < 4.78 is 6.03. The molecule has 0 aromatic rings. The van der Waals surface area contributed by atoms with Crippen LogP contribution in [-0.4, -0.2) is 87.2 Å². The van der Waals surface area contributed by atoms with E-state index < -0.39 is 0 Å². The Labute approximate surface area is 162 Å². The molecule has 2 aliphatic carbocycles. The maximum atomic E-state index is 11.9. The van der Waals surface area contributed by atoms with Crippen molar-refractivity contribution in [3.63, 3.8) is 0 Å². The Bertz CT molecular complexity index is 581. The number of ether oxygens (including phenoxy) is 1. The van der Waals surface area contributed by atoms with Gasteiger partial charge in [0.1, 0.15) is 0 Å². The lowest BCUT2D eigenvalue weighted by atomic mass is 9.46. The average Bonchev–Trinajstić information content (AvgIpc) is 3.03. The smallest absolute Gasteiger partial charge is 0.236 e. The number of amides is 1. The molecular formula is C20H35N5O2. The van der Waals surface area contributed by atoms with Crippen LogP contribution in [0.2, 0.25) is 0 Å². The van der Waals surface area contributed by atoms with Gasteiger partial charge in [-0.05, 0) is 32.1 Å². The molecule has 3 atom stereocenters. The number of nitrogens with one attached hydrogen (secondary N) is 2. The van der Waals surface area contributed by atoms with Crippen LogP contribution in [0.25, 0.3) is 0 Å². The maximum absolute atomic E-state index is 11.9. The molecule has 1 spiro atoms. The monoisotopic (exact) mass is 377 g/mol. The van der Waals surface area contributed by atoms with Gasteiger partial charge in [-0.15, -0.1) is 0 Å². The number of likely N-dealkylation sites (N-methyl/N-ethyl adjacent to an activating group) is 1. The van der Waals surface area contributed by atoms with Crippen LogP contribution in [0, 0.1) is 11.3 Å². The van der Waals surface area contributed by atoms with Gasteiger partial charge in [-0.2, -0.15) is 0 Å². The molecule has 4 fully saturated rings. The minimum absolute atomic E-state index is 0.183. The largest absolute Gasteiger partial charge is 0.377 e. The van der Waals surface area contributed by atoms with Crippen molar-refractivity contribution in [3.05, 3.63) is 0 Å². The molecule has 7 heteroatoms. The van der Waals surface area contributed by atoms with Gasteiger partial charge in [0.15, 0.2) is 5.96 Å². The summed E-state index contributed by atoms with van der Waals surface area (Å²) in [4.78, 5) is 20.3. The number of carbonyl (C=O) groups is 1. The molecule has 3 unspecified atom stereocenters. The highest BCUT2D eigenvalue weighted by atomic mass is 16.5. The van der Waals surface area contributed by atoms with Crippen molar-refractivity contribution in [2.45, 2.75) is 56.7 Å². The van der Waals surface area contributed by atoms with Gasteiger partial charge in [0.25, 0.3) is 0 Å². The van der Waals surface area contributed by atoms with E-state index in [1.54, 1.807) is 4.90 Å². The molecule has 2 aliphatic heterocycles. The summed E-state index contributed by atoms with van der Waals surface area (Å²) in [6.07, 6.45) is 7.68. The zero-order valence-electron chi connectivity index (χ0n) is 17.0. The predicted octanol–water partition coefficient (Wildman–Crippen LogP) is 0.662. The first-order chi connectivity index (χ1) is 13.0. The Morgan fingerprint density at radius 2 is 1.96 bits per heavy atom. The highest BCUT2D eigenvalue weighted by Gasteiger charge is 2.66. The quantitative estimate of drug-likeness (QED) is 0.557. The highest BCUT2D eigenvalue weighted by molar-refractivity contribution is 5.80. The van der Waals surface area contributed by atoms with Gasteiger partial charge in [-0.25, -0.2) is 0 Å². The lowest BCUT2D eigenvalue weighted by molar-refractivity contribution is -0.171. The van der Waals surface area contributed by atoms with E-state index in [1.807, 2.05) is 21.1 Å². The summed E-state index contributed by atoms with van der Waals surface area (Å²) in [5, 5.41) is 7.40. The molecule has 2 heterocycles. The second-order valence-corrected chi connectivity index (χ2v) is 9.01. The lowest BCUT2D eigenvalue weighted by Crippen LogP contribution is -2.72. The van der Waals surface area contributed by atoms with Gasteiger partial charge in [0.05, 0.1) is 12.6 Å².